The summed E-state index contributed by atoms with van der Waals surface area (Å²) in [4.78, 5) is 40.5. The number of anilines is 1. The Labute approximate surface area is 209 Å². The van der Waals surface area contributed by atoms with Crippen molar-refractivity contribution in [3.05, 3.63) is 69.0 Å². The molecule has 1 atom stereocenters. The van der Waals surface area contributed by atoms with Crippen molar-refractivity contribution in [1.29, 1.82) is 0 Å². The molecule has 1 aromatic carbocycles. The highest BCUT2D eigenvalue weighted by Crippen LogP contribution is 2.31. The van der Waals surface area contributed by atoms with Crippen molar-refractivity contribution < 1.29 is 14.3 Å². The number of aromatic nitrogens is 4. The van der Waals surface area contributed by atoms with Gasteiger partial charge in [-0.05, 0) is 48.1 Å². The van der Waals surface area contributed by atoms with Crippen LogP contribution in [0.15, 0.2) is 35.4 Å². The summed E-state index contributed by atoms with van der Waals surface area (Å²) >= 11 is 0. The minimum absolute atomic E-state index is 0. The van der Waals surface area contributed by atoms with Crippen molar-refractivity contribution in [1.82, 2.24) is 19.4 Å². The van der Waals surface area contributed by atoms with Gasteiger partial charge in [-0.1, -0.05) is 20.4 Å². The molecule has 2 aliphatic heterocycles. The van der Waals surface area contributed by atoms with Crippen LogP contribution < -0.4 is 10.5 Å². The highest BCUT2D eigenvalue weighted by Gasteiger charge is 2.30. The normalized spacial score (nSPS) is 17.1. The summed E-state index contributed by atoms with van der Waals surface area (Å²) in [5.74, 6) is 1.48. The van der Waals surface area contributed by atoms with Gasteiger partial charge >= 0.3 is 0 Å². The Bertz CT molecular complexity index is 1520. The average molecular weight is 490 g/mol. The molecule has 0 saturated carbocycles. The molecule has 36 heavy (non-hydrogen) atoms. The third-order valence-corrected chi connectivity index (χ3v) is 7.07. The number of aromatic amines is 1. The number of hydrogen-bond acceptors (Lipinski definition) is 6. The van der Waals surface area contributed by atoms with Gasteiger partial charge in [-0.25, -0.2) is 9.97 Å². The molecule has 3 aromatic heterocycles. The maximum absolute atomic E-state index is 13.8. The topological polar surface area (TPSA) is 102 Å². The average Bonchev–Trinajstić information content (AvgIpc) is 3.63. The van der Waals surface area contributed by atoms with Crippen LogP contribution in [0.2, 0.25) is 0 Å². The summed E-state index contributed by atoms with van der Waals surface area (Å²) < 4.78 is 12.9. The van der Waals surface area contributed by atoms with Crippen LogP contribution in [0.3, 0.4) is 0 Å². The van der Waals surface area contributed by atoms with Gasteiger partial charge in [-0.15, -0.1) is 0 Å². The number of amides is 1. The Morgan fingerprint density at radius 3 is 2.83 bits per heavy atom. The number of carbonyl (C=O) groups is 1. The first kappa shape index (κ1) is 24.1. The molecule has 9 heteroatoms. The minimum atomic E-state index is -0.242. The van der Waals surface area contributed by atoms with E-state index in [0.29, 0.717) is 42.2 Å². The number of nitrogens with zero attached hydrogens (tertiary/aromatic N) is 4. The number of H-pyrrole nitrogens is 1. The van der Waals surface area contributed by atoms with Gasteiger partial charge in [0.1, 0.15) is 17.2 Å². The van der Waals surface area contributed by atoms with E-state index in [2.05, 4.69) is 27.9 Å². The Morgan fingerprint density at radius 2 is 2.08 bits per heavy atom. The molecule has 9 nitrogen and oxygen atoms in total. The van der Waals surface area contributed by atoms with Crippen LogP contribution in [-0.4, -0.2) is 52.1 Å². The van der Waals surface area contributed by atoms with E-state index in [0.717, 1.165) is 47.3 Å². The second-order valence-corrected chi connectivity index (χ2v) is 9.20. The lowest BCUT2D eigenvalue weighted by molar-refractivity contribution is 0.0984. The summed E-state index contributed by atoms with van der Waals surface area (Å²) in [7, 11) is 1.61. The first-order chi connectivity index (χ1) is 17.1. The Balaban J connectivity index is 0.00000267. The first-order valence-corrected chi connectivity index (χ1v) is 12.0. The number of aryl methyl sites for hydroxylation is 1. The zero-order chi connectivity index (χ0) is 24.1. The molecular weight excluding hydrogens is 458 g/mol. The number of pyridine rings is 1. The molecule has 1 saturated heterocycles. The third kappa shape index (κ3) is 3.79. The maximum atomic E-state index is 13.8. The lowest BCUT2D eigenvalue weighted by atomic mass is 10.0. The first-order valence-electron chi connectivity index (χ1n) is 12.0. The van der Waals surface area contributed by atoms with E-state index in [1.54, 1.807) is 24.3 Å². The van der Waals surface area contributed by atoms with Crippen LogP contribution in [0, 0.1) is 0 Å². The van der Waals surface area contributed by atoms with Crippen molar-refractivity contribution in [3.63, 3.8) is 0 Å². The number of imidazole rings is 1. The van der Waals surface area contributed by atoms with E-state index < -0.39 is 0 Å². The number of hydrogen-bond donors (Lipinski definition) is 1. The van der Waals surface area contributed by atoms with Gasteiger partial charge in [0, 0.05) is 37.9 Å². The van der Waals surface area contributed by atoms with E-state index in [1.165, 1.54) is 0 Å². The molecule has 1 N–H and O–H groups in total. The Morgan fingerprint density at radius 1 is 1.22 bits per heavy atom. The number of benzene rings is 1. The van der Waals surface area contributed by atoms with Gasteiger partial charge in [0.2, 0.25) is 0 Å². The fourth-order valence-corrected chi connectivity index (χ4v) is 5.24. The second kappa shape index (κ2) is 9.48. The third-order valence-electron chi connectivity index (χ3n) is 7.07. The molecule has 1 fully saturated rings. The van der Waals surface area contributed by atoms with Crippen LogP contribution >= 0.6 is 0 Å². The molecule has 1 unspecified atom stereocenters. The van der Waals surface area contributed by atoms with Crippen molar-refractivity contribution >= 4 is 28.3 Å². The smallest absolute Gasteiger partial charge is 0.274 e. The van der Waals surface area contributed by atoms with Gasteiger partial charge < -0.3 is 14.5 Å². The summed E-state index contributed by atoms with van der Waals surface area (Å²) in [6, 6.07) is 5.83. The Hall–Kier alpha value is -3.56. The lowest BCUT2D eigenvalue weighted by Gasteiger charge is -2.19. The predicted molar refractivity (Wildman–Crippen MR) is 138 cm³/mol. The Kier molecular flexibility index (Phi) is 6.36. The number of rotatable bonds is 5. The molecule has 4 aromatic rings. The zero-order valence-corrected chi connectivity index (χ0v) is 19.8. The van der Waals surface area contributed by atoms with E-state index in [9.17, 15) is 9.59 Å². The molecule has 5 heterocycles. The van der Waals surface area contributed by atoms with Crippen LogP contribution in [0.25, 0.3) is 16.6 Å². The van der Waals surface area contributed by atoms with Gasteiger partial charge in [0.05, 0.1) is 30.4 Å². The monoisotopic (exact) mass is 489 g/mol. The quantitative estimate of drug-likeness (QED) is 0.459. The highest BCUT2D eigenvalue weighted by molar-refractivity contribution is 6.09. The number of fused-ring (bicyclic) bond motifs is 4. The minimum Gasteiger partial charge on any atom is -0.381 e. The van der Waals surface area contributed by atoms with Gasteiger partial charge in [-0.3, -0.25) is 18.9 Å². The number of methoxy groups -OCH3 is 1. The van der Waals surface area contributed by atoms with Crippen molar-refractivity contribution in [2.45, 2.75) is 46.1 Å². The summed E-state index contributed by atoms with van der Waals surface area (Å²) in [5.41, 5.74) is 5.10. The van der Waals surface area contributed by atoms with E-state index in [-0.39, 0.29) is 31.4 Å². The summed E-state index contributed by atoms with van der Waals surface area (Å²) in [5, 5.41) is 0. The zero-order valence-electron chi connectivity index (χ0n) is 19.8. The molecule has 6 rings (SSSR count). The van der Waals surface area contributed by atoms with Crippen LogP contribution in [-0.2, 0) is 28.9 Å². The SMILES string of the molecule is C.CCc1cnc2c(c1)CCN2C(=O)c1cc2[nH]c(=O)c3cnc(C4CCOC4)n3c2cc1COC. The van der Waals surface area contributed by atoms with Crippen LogP contribution in [0.1, 0.15) is 59.6 Å². The predicted octanol–water partition coefficient (Wildman–Crippen LogP) is 3.62. The summed E-state index contributed by atoms with van der Waals surface area (Å²) in [6.45, 7) is 4.19. The lowest BCUT2D eigenvalue weighted by Crippen LogP contribution is -2.30. The molecule has 1 amide bonds. The van der Waals surface area contributed by atoms with Crippen molar-refractivity contribution in [2.24, 2.45) is 0 Å². The molecule has 0 radical (unpaired) electrons. The highest BCUT2D eigenvalue weighted by atomic mass is 16.5. The fourth-order valence-electron chi connectivity index (χ4n) is 5.24. The maximum Gasteiger partial charge on any atom is 0.274 e. The molecule has 2 aliphatic rings. The van der Waals surface area contributed by atoms with Crippen LogP contribution in [0.5, 0.6) is 0 Å². The van der Waals surface area contributed by atoms with Gasteiger partial charge in [-0.2, -0.15) is 0 Å². The number of carbonyl (C=O) groups excluding carboxylic acids is 1. The number of nitrogens with one attached hydrogen (secondary N) is 1. The van der Waals surface area contributed by atoms with E-state index in [1.807, 2.05) is 16.7 Å². The second-order valence-electron chi connectivity index (χ2n) is 9.20. The molecule has 0 bridgehead atoms. The molecule has 0 spiro atoms. The summed E-state index contributed by atoms with van der Waals surface area (Å²) in [6.07, 6.45) is 5.98. The fraction of sp³-hybridized carbons (Fsp3) is 0.407. The largest absolute Gasteiger partial charge is 0.381 e. The molecule has 0 aliphatic carbocycles. The van der Waals surface area contributed by atoms with E-state index >= 15 is 0 Å². The molecular formula is C27H31N5O4. The van der Waals surface area contributed by atoms with Crippen LogP contribution in [0.4, 0.5) is 5.82 Å². The van der Waals surface area contributed by atoms with E-state index in [4.69, 9.17) is 9.47 Å². The van der Waals surface area contributed by atoms with Gasteiger partial charge in [0.25, 0.3) is 11.5 Å². The van der Waals surface area contributed by atoms with Crippen molar-refractivity contribution in [2.75, 3.05) is 31.8 Å². The standard InChI is InChI=1S/C26H27N5O4.CH4/c1-3-15-8-16-4-6-30(23(16)27-11-15)26(33)19-10-20-21(9-18(19)13-34-2)31-22(25(32)29-20)12-28-24(31)17-5-7-35-14-17;/h8-12,17H,3-7,13-14H2,1-2H3,(H,29,32);1H4. The van der Waals surface area contributed by atoms with Gasteiger partial charge in [0.15, 0.2) is 0 Å². The molecule has 188 valence electrons. The van der Waals surface area contributed by atoms with Crippen molar-refractivity contribution in [3.8, 4) is 0 Å². The number of ether oxygens (including phenoxy) is 2.